The van der Waals surface area contributed by atoms with Crippen molar-refractivity contribution >= 4 is 26.6 Å². The van der Waals surface area contributed by atoms with Gasteiger partial charge in [0.05, 0.1) is 31.6 Å². The van der Waals surface area contributed by atoms with Gasteiger partial charge in [0.25, 0.3) is 0 Å². The Labute approximate surface area is 161 Å². The van der Waals surface area contributed by atoms with Gasteiger partial charge in [-0.2, -0.15) is 0 Å². The van der Waals surface area contributed by atoms with Crippen molar-refractivity contribution in [3.63, 3.8) is 0 Å². The molecule has 27 heavy (non-hydrogen) atoms. The average Bonchev–Trinajstić information content (AvgIpc) is 2.63. The Balaban J connectivity index is 1.95. The van der Waals surface area contributed by atoms with Crippen LogP contribution in [0.3, 0.4) is 0 Å². The first kappa shape index (κ1) is 21.2. The molecule has 0 saturated carbocycles. The van der Waals surface area contributed by atoms with Gasteiger partial charge in [0.15, 0.2) is 5.96 Å². The summed E-state index contributed by atoms with van der Waals surface area (Å²) in [7, 11) is -2.99. The zero-order chi connectivity index (χ0) is 19.7. The van der Waals surface area contributed by atoms with Crippen LogP contribution in [-0.4, -0.2) is 52.7 Å². The highest BCUT2D eigenvalue weighted by Gasteiger charge is 2.10. The van der Waals surface area contributed by atoms with Crippen molar-refractivity contribution < 1.29 is 13.2 Å². The van der Waals surface area contributed by atoms with E-state index >= 15 is 0 Å². The molecule has 0 aliphatic heterocycles. The van der Waals surface area contributed by atoms with E-state index in [9.17, 15) is 8.42 Å². The highest BCUT2D eigenvalue weighted by Crippen LogP contribution is 2.23. The quantitative estimate of drug-likeness (QED) is 0.390. The number of ether oxygens (including phenoxy) is 1. The number of rotatable bonds is 9. The molecule has 0 amide bonds. The van der Waals surface area contributed by atoms with Crippen molar-refractivity contribution in [2.24, 2.45) is 4.99 Å². The van der Waals surface area contributed by atoms with E-state index < -0.39 is 9.84 Å². The van der Waals surface area contributed by atoms with Gasteiger partial charge < -0.3 is 15.4 Å². The predicted molar refractivity (Wildman–Crippen MR) is 112 cm³/mol. The van der Waals surface area contributed by atoms with Gasteiger partial charge in [-0.05, 0) is 30.2 Å². The summed E-state index contributed by atoms with van der Waals surface area (Å²) in [6.45, 7) is 5.92. The monoisotopic (exact) mass is 391 g/mol. The van der Waals surface area contributed by atoms with Crippen LogP contribution < -0.4 is 10.6 Å². The molecule has 148 valence electrons. The molecular formula is C20H29N3O3S. The number of guanidine groups is 1. The first-order valence-corrected chi connectivity index (χ1v) is 11.2. The average molecular weight is 392 g/mol. The molecule has 0 aliphatic carbocycles. The lowest BCUT2D eigenvalue weighted by atomic mass is 10.00. The first-order valence-electron chi connectivity index (χ1n) is 9.18. The van der Waals surface area contributed by atoms with Crippen LogP contribution in [0.1, 0.15) is 25.5 Å². The van der Waals surface area contributed by atoms with Crippen LogP contribution in [0.25, 0.3) is 10.8 Å². The molecule has 1 atom stereocenters. The topological polar surface area (TPSA) is 79.8 Å². The van der Waals surface area contributed by atoms with Crippen molar-refractivity contribution in [1.82, 2.24) is 10.6 Å². The molecule has 1 unspecified atom stereocenters. The Morgan fingerprint density at radius 1 is 1.15 bits per heavy atom. The fourth-order valence-electron chi connectivity index (χ4n) is 2.77. The molecule has 2 aromatic rings. The van der Waals surface area contributed by atoms with Gasteiger partial charge in [-0.15, -0.1) is 0 Å². The third-order valence-corrected chi connectivity index (χ3v) is 5.00. The lowest BCUT2D eigenvalue weighted by molar-refractivity contribution is 0.157. The minimum Gasteiger partial charge on any atom is -0.378 e. The molecule has 0 spiro atoms. The molecule has 0 fully saturated rings. The molecule has 0 aromatic heterocycles. The van der Waals surface area contributed by atoms with E-state index in [2.05, 4.69) is 52.9 Å². The Morgan fingerprint density at radius 3 is 2.63 bits per heavy atom. The van der Waals surface area contributed by atoms with Gasteiger partial charge in [-0.1, -0.05) is 42.5 Å². The number of hydrogen-bond acceptors (Lipinski definition) is 4. The first-order chi connectivity index (χ1) is 12.9. The summed E-state index contributed by atoms with van der Waals surface area (Å²) >= 11 is 0. The second-order valence-corrected chi connectivity index (χ2v) is 8.70. The smallest absolute Gasteiger partial charge is 0.191 e. The number of benzene rings is 2. The largest absolute Gasteiger partial charge is 0.378 e. The van der Waals surface area contributed by atoms with Crippen molar-refractivity contribution in [3.8, 4) is 0 Å². The van der Waals surface area contributed by atoms with Crippen molar-refractivity contribution in [2.75, 3.05) is 38.3 Å². The van der Waals surface area contributed by atoms with E-state index in [1.54, 1.807) is 0 Å². The number of fused-ring (bicyclic) bond motifs is 1. The Hall–Kier alpha value is -2.12. The van der Waals surface area contributed by atoms with Crippen molar-refractivity contribution in [2.45, 2.75) is 19.9 Å². The van der Waals surface area contributed by atoms with Gasteiger partial charge in [0.2, 0.25) is 0 Å². The highest BCUT2D eigenvalue weighted by atomic mass is 32.2. The van der Waals surface area contributed by atoms with Gasteiger partial charge in [0.1, 0.15) is 9.84 Å². The Kier molecular flexibility index (Phi) is 8.06. The van der Waals surface area contributed by atoms with Crippen LogP contribution in [0.2, 0.25) is 0 Å². The van der Waals surface area contributed by atoms with E-state index in [-0.39, 0.29) is 18.4 Å². The zero-order valence-electron chi connectivity index (χ0n) is 16.2. The van der Waals surface area contributed by atoms with Gasteiger partial charge in [0, 0.05) is 12.8 Å². The van der Waals surface area contributed by atoms with Crippen LogP contribution in [0.5, 0.6) is 0 Å². The van der Waals surface area contributed by atoms with E-state index in [0.717, 1.165) is 6.54 Å². The highest BCUT2D eigenvalue weighted by molar-refractivity contribution is 7.90. The molecule has 0 radical (unpaired) electrons. The van der Waals surface area contributed by atoms with Gasteiger partial charge in [-0.25, -0.2) is 8.42 Å². The molecule has 0 aliphatic rings. The third kappa shape index (κ3) is 7.19. The molecular weight excluding hydrogens is 362 g/mol. The fraction of sp³-hybridized carbons (Fsp3) is 0.450. The summed E-state index contributed by atoms with van der Waals surface area (Å²) in [6.07, 6.45) is 1.20. The molecule has 7 heteroatoms. The maximum atomic E-state index is 11.1. The molecule has 2 rings (SSSR count). The number of nitrogens with zero attached hydrogens (tertiary/aromatic N) is 1. The second-order valence-electron chi connectivity index (χ2n) is 6.44. The minimum atomic E-state index is -2.99. The normalized spacial score (nSPS) is 13.5. The van der Waals surface area contributed by atoms with Crippen molar-refractivity contribution in [1.29, 1.82) is 0 Å². The molecule has 2 N–H and O–H groups in total. The van der Waals surface area contributed by atoms with E-state index in [0.29, 0.717) is 19.1 Å². The van der Waals surface area contributed by atoms with Crippen LogP contribution in [-0.2, 0) is 14.6 Å². The molecule has 0 bridgehead atoms. The Morgan fingerprint density at radius 2 is 1.89 bits per heavy atom. The summed E-state index contributed by atoms with van der Waals surface area (Å²) in [5, 5.41) is 9.10. The second kappa shape index (κ2) is 10.3. The van der Waals surface area contributed by atoms with Crippen LogP contribution in [0, 0.1) is 0 Å². The van der Waals surface area contributed by atoms with Crippen molar-refractivity contribution in [3.05, 3.63) is 48.0 Å². The maximum absolute atomic E-state index is 11.1. The number of sulfone groups is 1. The summed E-state index contributed by atoms with van der Waals surface area (Å²) in [4.78, 5) is 4.51. The lowest BCUT2D eigenvalue weighted by Crippen LogP contribution is -2.39. The lowest BCUT2D eigenvalue weighted by Gasteiger charge is -2.19. The molecule has 2 aromatic carbocycles. The Bertz CT molecular complexity index is 860. The summed E-state index contributed by atoms with van der Waals surface area (Å²) in [6, 6.07) is 14.7. The molecule has 0 saturated heterocycles. The predicted octanol–water partition coefficient (Wildman–Crippen LogP) is 2.52. The van der Waals surface area contributed by atoms with Gasteiger partial charge >= 0.3 is 0 Å². The minimum absolute atomic E-state index is 0.0349. The van der Waals surface area contributed by atoms with E-state index in [4.69, 9.17) is 4.74 Å². The SMILES string of the molecule is CCNC(=NCCOCCS(C)(=O)=O)NC(C)c1cccc2ccccc12. The maximum Gasteiger partial charge on any atom is 0.191 e. The zero-order valence-corrected chi connectivity index (χ0v) is 17.1. The standard InChI is InChI=1S/C20H29N3O3S/c1-4-21-20(22-12-13-26-14-15-27(3,24)25)23-16(2)18-11-7-9-17-8-5-6-10-19(17)18/h5-11,16H,4,12-15H2,1-3H3,(H2,21,22,23). The summed E-state index contributed by atoms with van der Waals surface area (Å²) in [5.41, 5.74) is 1.21. The molecule has 6 nitrogen and oxygen atoms in total. The summed E-state index contributed by atoms with van der Waals surface area (Å²) < 4.78 is 27.5. The van der Waals surface area contributed by atoms with Crippen LogP contribution >= 0.6 is 0 Å². The van der Waals surface area contributed by atoms with E-state index in [1.165, 1.54) is 22.6 Å². The van der Waals surface area contributed by atoms with E-state index in [1.807, 2.05) is 19.1 Å². The van der Waals surface area contributed by atoms with Crippen LogP contribution in [0.15, 0.2) is 47.5 Å². The number of nitrogens with one attached hydrogen (secondary N) is 2. The molecule has 0 heterocycles. The number of aliphatic imine (C=N–C) groups is 1. The fourth-order valence-corrected chi connectivity index (χ4v) is 3.19. The van der Waals surface area contributed by atoms with Gasteiger partial charge in [-0.3, -0.25) is 4.99 Å². The number of hydrogen-bond donors (Lipinski definition) is 2. The van der Waals surface area contributed by atoms with Crippen LogP contribution in [0.4, 0.5) is 0 Å². The summed E-state index contributed by atoms with van der Waals surface area (Å²) in [5.74, 6) is 0.748. The third-order valence-electron chi connectivity index (χ3n) is 4.09.